The molecule has 130 valence electrons. The lowest BCUT2D eigenvalue weighted by atomic mass is 10.1. The minimum absolute atomic E-state index is 0.0822. The van der Waals surface area contributed by atoms with Gasteiger partial charge in [-0.1, -0.05) is 19.8 Å². The van der Waals surface area contributed by atoms with Crippen molar-refractivity contribution in [1.29, 1.82) is 0 Å². The fourth-order valence-electron chi connectivity index (χ4n) is 3.46. The molecule has 0 aromatic carbocycles. The second-order valence-corrected chi connectivity index (χ2v) is 6.61. The van der Waals surface area contributed by atoms with Gasteiger partial charge in [-0.3, -0.25) is 14.6 Å². The summed E-state index contributed by atoms with van der Waals surface area (Å²) in [6, 6.07) is 3.57. The SMILES string of the molecule is CCN1CCN(C(=O)c2cc(C(=O)NC3CCCC3)ccn2)CC1. The molecule has 0 radical (unpaired) electrons. The predicted octanol–water partition coefficient (Wildman–Crippen LogP) is 1.53. The Kier molecular flexibility index (Phi) is 5.45. The van der Waals surface area contributed by atoms with E-state index in [9.17, 15) is 9.59 Å². The molecule has 0 bridgehead atoms. The second-order valence-electron chi connectivity index (χ2n) is 6.61. The summed E-state index contributed by atoms with van der Waals surface area (Å²) >= 11 is 0. The monoisotopic (exact) mass is 330 g/mol. The fourth-order valence-corrected chi connectivity index (χ4v) is 3.46. The lowest BCUT2D eigenvalue weighted by molar-refractivity contribution is 0.0637. The molecule has 24 heavy (non-hydrogen) atoms. The van der Waals surface area contributed by atoms with E-state index in [0.29, 0.717) is 24.3 Å². The van der Waals surface area contributed by atoms with Gasteiger partial charge in [-0.05, 0) is 31.5 Å². The van der Waals surface area contributed by atoms with Crippen molar-refractivity contribution >= 4 is 11.8 Å². The molecule has 1 N–H and O–H groups in total. The molecule has 0 unspecified atom stereocenters. The summed E-state index contributed by atoms with van der Waals surface area (Å²) in [7, 11) is 0. The molecule has 6 heteroatoms. The number of rotatable bonds is 4. The Morgan fingerprint density at radius 2 is 1.92 bits per heavy atom. The van der Waals surface area contributed by atoms with E-state index in [0.717, 1.165) is 32.5 Å². The van der Waals surface area contributed by atoms with Crippen molar-refractivity contribution in [3.63, 3.8) is 0 Å². The number of carbonyl (C=O) groups excluding carboxylic acids is 2. The standard InChI is InChI=1S/C18H26N4O2/c1-2-21-9-11-22(12-10-21)18(24)16-13-14(7-8-19-16)17(23)20-15-5-3-4-6-15/h7-8,13,15H,2-6,9-12H2,1H3,(H,20,23). The van der Waals surface area contributed by atoms with Crippen molar-refractivity contribution in [2.75, 3.05) is 32.7 Å². The van der Waals surface area contributed by atoms with Gasteiger partial charge < -0.3 is 15.1 Å². The van der Waals surface area contributed by atoms with Crippen LogP contribution in [0.1, 0.15) is 53.5 Å². The molecule has 0 atom stereocenters. The van der Waals surface area contributed by atoms with Crippen molar-refractivity contribution in [2.24, 2.45) is 0 Å². The Hall–Kier alpha value is -1.95. The molecule has 6 nitrogen and oxygen atoms in total. The first kappa shape index (κ1) is 16.9. The van der Waals surface area contributed by atoms with Gasteiger partial charge in [0.1, 0.15) is 5.69 Å². The van der Waals surface area contributed by atoms with Gasteiger partial charge in [0.05, 0.1) is 0 Å². The minimum atomic E-state index is -0.103. The van der Waals surface area contributed by atoms with E-state index in [4.69, 9.17) is 0 Å². The van der Waals surface area contributed by atoms with E-state index < -0.39 is 0 Å². The molecule has 1 aromatic rings. The van der Waals surface area contributed by atoms with Crippen molar-refractivity contribution in [2.45, 2.75) is 38.6 Å². The van der Waals surface area contributed by atoms with E-state index in [1.165, 1.54) is 12.8 Å². The number of nitrogens with one attached hydrogen (secondary N) is 1. The molecule has 1 saturated carbocycles. The van der Waals surface area contributed by atoms with Gasteiger partial charge in [-0.2, -0.15) is 0 Å². The number of amides is 2. The maximum atomic E-state index is 12.6. The number of piperazine rings is 1. The summed E-state index contributed by atoms with van der Waals surface area (Å²) in [5.41, 5.74) is 0.881. The molecule has 2 aliphatic rings. The molecule has 2 amide bonds. The normalized spacial score (nSPS) is 19.5. The van der Waals surface area contributed by atoms with Gasteiger partial charge in [0, 0.05) is 44.0 Å². The number of hydrogen-bond acceptors (Lipinski definition) is 4. The highest BCUT2D eigenvalue weighted by Crippen LogP contribution is 2.18. The molecule has 1 aliphatic carbocycles. The average molecular weight is 330 g/mol. The summed E-state index contributed by atoms with van der Waals surface area (Å²) in [6.45, 7) is 6.36. The highest BCUT2D eigenvalue weighted by molar-refractivity contribution is 5.98. The van der Waals surface area contributed by atoms with Crippen LogP contribution < -0.4 is 5.32 Å². The molecule has 1 aliphatic heterocycles. The third kappa shape index (κ3) is 3.93. The van der Waals surface area contributed by atoms with E-state index in [1.807, 2.05) is 4.90 Å². The van der Waals surface area contributed by atoms with Gasteiger partial charge in [-0.15, -0.1) is 0 Å². The van der Waals surface area contributed by atoms with Gasteiger partial charge in [0.15, 0.2) is 0 Å². The zero-order valence-corrected chi connectivity index (χ0v) is 14.3. The van der Waals surface area contributed by atoms with Crippen molar-refractivity contribution in [3.05, 3.63) is 29.6 Å². The van der Waals surface area contributed by atoms with Crippen LogP contribution in [0.5, 0.6) is 0 Å². The number of hydrogen-bond donors (Lipinski definition) is 1. The first-order valence-corrected chi connectivity index (χ1v) is 8.96. The number of aromatic nitrogens is 1. The highest BCUT2D eigenvalue weighted by Gasteiger charge is 2.23. The van der Waals surface area contributed by atoms with Crippen molar-refractivity contribution < 1.29 is 9.59 Å². The first-order valence-electron chi connectivity index (χ1n) is 8.96. The van der Waals surface area contributed by atoms with Crippen LogP contribution in [0.3, 0.4) is 0 Å². The van der Waals surface area contributed by atoms with Gasteiger partial charge >= 0.3 is 0 Å². The van der Waals surface area contributed by atoms with Crippen molar-refractivity contribution in [1.82, 2.24) is 20.1 Å². The molecule has 3 rings (SSSR count). The van der Waals surface area contributed by atoms with Crippen LogP contribution in [0.25, 0.3) is 0 Å². The number of nitrogens with zero attached hydrogens (tertiary/aromatic N) is 3. The quantitative estimate of drug-likeness (QED) is 0.909. The summed E-state index contributed by atoms with van der Waals surface area (Å²) in [5, 5.41) is 3.06. The highest BCUT2D eigenvalue weighted by atomic mass is 16.2. The molecule has 0 spiro atoms. The van der Waals surface area contributed by atoms with Crippen LogP contribution in [0, 0.1) is 0 Å². The molecule has 2 fully saturated rings. The zero-order chi connectivity index (χ0) is 16.9. The van der Waals surface area contributed by atoms with Crippen LogP contribution in [0.2, 0.25) is 0 Å². The summed E-state index contributed by atoms with van der Waals surface area (Å²) in [6.07, 6.45) is 6.00. The number of pyridine rings is 1. The van der Waals surface area contributed by atoms with Crippen molar-refractivity contribution in [3.8, 4) is 0 Å². The lowest BCUT2D eigenvalue weighted by Gasteiger charge is -2.33. The van der Waals surface area contributed by atoms with Crippen LogP contribution in [0.4, 0.5) is 0 Å². The minimum Gasteiger partial charge on any atom is -0.349 e. The van der Waals surface area contributed by atoms with Gasteiger partial charge in [0.2, 0.25) is 0 Å². The van der Waals surface area contributed by atoms with Crippen LogP contribution >= 0.6 is 0 Å². The number of likely N-dealkylation sites (N-methyl/N-ethyl adjacent to an activating group) is 1. The average Bonchev–Trinajstić information content (AvgIpc) is 3.14. The molecular formula is C18H26N4O2. The second kappa shape index (κ2) is 7.75. The smallest absolute Gasteiger partial charge is 0.272 e. The summed E-state index contributed by atoms with van der Waals surface area (Å²) in [5.74, 6) is -0.185. The van der Waals surface area contributed by atoms with E-state index >= 15 is 0 Å². The maximum absolute atomic E-state index is 12.6. The third-order valence-electron chi connectivity index (χ3n) is 5.04. The fraction of sp³-hybridized carbons (Fsp3) is 0.611. The Morgan fingerprint density at radius 3 is 2.58 bits per heavy atom. The maximum Gasteiger partial charge on any atom is 0.272 e. The largest absolute Gasteiger partial charge is 0.349 e. The molecule has 1 aromatic heterocycles. The zero-order valence-electron chi connectivity index (χ0n) is 14.3. The Morgan fingerprint density at radius 1 is 1.21 bits per heavy atom. The first-order chi connectivity index (χ1) is 11.7. The van der Waals surface area contributed by atoms with Gasteiger partial charge in [0.25, 0.3) is 11.8 Å². The Bertz CT molecular complexity index is 590. The summed E-state index contributed by atoms with van der Waals surface area (Å²) < 4.78 is 0. The predicted molar refractivity (Wildman–Crippen MR) is 92.0 cm³/mol. The van der Waals surface area contributed by atoms with E-state index in [2.05, 4.69) is 22.1 Å². The Balaban J connectivity index is 1.63. The third-order valence-corrected chi connectivity index (χ3v) is 5.04. The summed E-state index contributed by atoms with van der Waals surface area (Å²) in [4.78, 5) is 33.3. The molecule has 2 heterocycles. The molecule has 1 saturated heterocycles. The Labute approximate surface area is 143 Å². The van der Waals surface area contributed by atoms with Gasteiger partial charge in [-0.25, -0.2) is 0 Å². The van der Waals surface area contributed by atoms with E-state index in [1.54, 1.807) is 18.3 Å². The van der Waals surface area contributed by atoms with Crippen LogP contribution in [0.15, 0.2) is 18.3 Å². The lowest BCUT2D eigenvalue weighted by Crippen LogP contribution is -2.48. The van der Waals surface area contributed by atoms with Crippen LogP contribution in [-0.4, -0.2) is 65.4 Å². The molecular weight excluding hydrogens is 304 g/mol. The topological polar surface area (TPSA) is 65.5 Å². The number of carbonyl (C=O) groups is 2. The van der Waals surface area contributed by atoms with E-state index in [-0.39, 0.29) is 17.9 Å². The van der Waals surface area contributed by atoms with Crippen LogP contribution in [-0.2, 0) is 0 Å².